The van der Waals surface area contributed by atoms with Crippen LogP contribution in [0.2, 0.25) is 10.0 Å². The molecule has 0 unspecified atom stereocenters. The van der Waals surface area contributed by atoms with Crippen LogP contribution >= 0.6 is 23.2 Å². The van der Waals surface area contributed by atoms with E-state index in [0.29, 0.717) is 15.5 Å². The maximum absolute atomic E-state index is 6.11. The smallest absolute Gasteiger partial charge is 0.0637 e. The third-order valence-corrected chi connectivity index (χ3v) is 3.77. The van der Waals surface area contributed by atoms with Crippen molar-refractivity contribution >= 4 is 23.2 Å². The summed E-state index contributed by atoms with van der Waals surface area (Å²) in [6.45, 7) is 8.45. The van der Waals surface area contributed by atoms with Crippen LogP contribution in [0.4, 0.5) is 0 Å². The fourth-order valence-corrected chi connectivity index (χ4v) is 1.73. The van der Waals surface area contributed by atoms with Crippen molar-refractivity contribution in [1.82, 2.24) is 5.32 Å². The Hall–Kier alpha value is -0.240. The van der Waals surface area contributed by atoms with Crippen molar-refractivity contribution < 1.29 is 0 Å². The molecule has 1 aromatic carbocycles. The van der Waals surface area contributed by atoms with Crippen LogP contribution in [0.15, 0.2) is 18.2 Å². The van der Waals surface area contributed by atoms with Gasteiger partial charge in [-0.25, -0.2) is 0 Å². The summed E-state index contributed by atoms with van der Waals surface area (Å²) in [4.78, 5) is 0. The lowest BCUT2D eigenvalue weighted by atomic mass is 9.90. The fourth-order valence-electron chi connectivity index (χ4n) is 1.35. The average Bonchev–Trinajstić information content (AvgIpc) is 2.24. The first-order valence-corrected chi connectivity index (χ1v) is 6.35. The largest absolute Gasteiger partial charge is 0.312 e. The van der Waals surface area contributed by atoms with E-state index in [1.807, 2.05) is 18.2 Å². The van der Waals surface area contributed by atoms with Crippen molar-refractivity contribution in [3.05, 3.63) is 33.8 Å². The highest BCUT2D eigenvalue weighted by molar-refractivity contribution is 6.42. The van der Waals surface area contributed by atoms with Gasteiger partial charge in [0.05, 0.1) is 10.0 Å². The molecule has 1 N–H and O–H groups in total. The summed E-state index contributed by atoms with van der Waals surface area (Å²) >= 11 is 12.1. The van der Waals surface area contributed by atoms with Crippen molar-refractivity contribution in [3.63, 3.8) is 0 Å². The van der Waals surface area contributed by atoms with Gasteiger partial charge in [0.15, 0.2) is 0 Å². The molecule has 0 amide bonds. The molecule has 90 valence electrons. The Kier molecular flexibility index (Phi) is 5.10. The molecule has 0 saturated heterocycles. The van der Waals surface area contributed by atoms with Gasteiger partial charge in [0.25, 0.3) is 0 Å². The Morgan fingerprint density at radius 1 is 1.25 bits per heavy atom. The van der Waals surface area contributed by atoms with Gasteiger partial charge in [-0.15, -0.1) is 0 Å². The maximum atomic E-state index is 6.11. The molecule has 0 aromatic heterocycles. The van der Waals surface area contributed by atoms with E-state index in [9.17, 15) is 0 Å². The Morgan fingerprint density at radius 3 is 2.56 bits per heavy atom. The standard InChI is InChI=1S/C13H19Cl2N/c1-4-13(2,3)9-16-8-10-6-5-7-11(14)12(10)15/h5-7,16H,4,8-9H2,1-3H3. The second-order valence-corrected chi connectivity index (χ2v) is 5.62. The third-order valence-electron chi connectivity index (χ3n) is 2.91. The van der Waals surface area contributed by atoms with Gasteiger partial charge in [-0.1, -0.05) is 56.1 Å². The number of benzene rings is 1. The minimum Gasteiger partial charge on any atom is -0.312 e. The number of rotatable bonds is 5. The van der Waals surface area contributed by atoms with E-state index in [-0.39, 0.29) is 0 Å². The van der Waals surface area contributed by atoms with Crippen molar-refractivity contribution in [1.29, 1.82) is 0 Å². The molecule has 3 heteroatoms. The quantitative estimate of drug-likeness (QED) is 0.820. The minimum atomic E-state index is 0.324. The Morgan fingerprint density at radius 2 is 1.94 bits per heavy atom. The molecular formula is C13H19Cl2N. The summed E-state index contributed by atoms with van der Waals surface area (Å²) in [5, 5.41) is 4.70. The second kappa shape index (κ2) is 5.90. The van der Waals surface area contributed by atoms with E-state index in [1.54, 1.807) is 0 Å². The summed E-state index contributed by atoms with van der Waals surface area (Å²) < 4.78 is 0. The van der Waals surface area contributed by atoms with Crippen LogP contribution in [0.5, 0.6) is 0 Å². The molecule has 1 nitrogen and oxygen atoms in total. The molecule has 0 spiro atoms. The van der Waals surface area contributed by atoms with E-state index < -0.39 is 0 Å². The first-order valence-electron chi connectivity index (χ1n) is 5.60. The lowest BCUT2D eigenvalue weighted by Gasteiger charge is -2.23. The molecule has 0 bridgehead atoms. The van der Waals surface area contributed by atoms with Gasteiger partial charge in [0, 0.05) is 13.1 Å². The maximum Gasteiger partial charge on any atom is 0.0637 e. The SMILES string of the molecule is CCC(C)(C)CNCc1cccc(Cl)c1Cl. The molecule has 0 heterocycles. The molecule has 1 aromatic rings. The second-order valence-electron chi connectivity index (χ2n) is 4.83. The highest BCUT2D eigenvalue weighted by Crippen LogP contribution is 2.25. The average molecular weight is 260 g/mol. The molecular weight excluding hydrogens is 241 g/mol. The van der Waals surface area contributed by atoms with Crippen LogP contribution in [-0.4, -0.2) is 6.54 Å². The number of halogens is 2. The molecule has 0 radical (unpaired) electrons. The summed E-state index contributed by atoms with van der Waals surface area (Å²) in [5.74, 6) is 0. The number of hydrogen-bond donors (Lipinski definition) is 1. The number of hydrogen-bond acceptors (Lipinski definition) is 1. The molecule has 0 atom stereocenters. The van der Waals surface area contributed by atoms with Crippen LogP contribution in [0, 0.1) is 5.41 Å². The first kappa shape index (κ1) is 13.8. The van der Waals surface area contributed by atoms with Gasteiger partial charge in [0.2, 0.25) is 0 Å². The summed E-state index contributed by atoms with van der Waals surface area (Å²) in [6, 6.07) is 5.74. The van der Waals surface area contributed by atoms with Crippen LogP contribution in [0.1, 0.15) is 32.8 Å². The lowest BCUT2D eigenvalue weighted by Crippen LogP contribution is -2.28. The van der Waals surface area contributed by atoms with E-state index in [2.05, 4.69) is 26.1 Å². The van der Waals surface area contributed by atoms with E-state index in [0.717, 1.165) is 25.1 Å². The van der Waals surface area contributed by atoms with Gasteiger partial charge in [-0.05, 0) is 23.5 Å². The fraction of sp³-hybridized carbons (Fsp3) is 0.538. The zero-order valence-corrected chi connectivity index (χ0v) is 11.6. The van der Waals surface area contributed by atoms with Gasteiger partial charge in [-0.2, -0.15) is 0 Å². The van der Waals surface area contributed by atoms with Crippen molar-refractivity contribution in [2.75, 3.05) is 6.54 Å². The van der Waals surface area contributed by atoms with E-state index >= 15 is 0 Å². The molecule has 0 fully saturated rings. The lowest BCUT2D eigenvalue weighted by molar-refractivity contribution is 0.327. The van der Waals surface area contributed by atoms with Gasteiger partial charge >= 0.3 is 0 Å². The van der Waals surface area contributed by atoms with Gasteiger partial charge in [0.1, 0.15) is 0 Å². The molecule has 1 rings (SSSR count). The van der Waals surface area contributed by atoms with Crippen LogP contribution in [0.25, 0.3) is 0 Å². The zero-order valence-electron chi connectivity index (χ0n) is 10.1. The molecule has 16 heavy (non-hydrogen) atoms. The summed E-state index contributed by atoms with van der Waals surface area (Å²) in [7, 11) is 0. The monoisotopic (exact) mass is 259 g/mol. The van der Waals surface area contributed by atoms with Crippen molar-refractivity contribution in [2.45, 2.75) is 33.7 Å². The van der Waals surface area contributed by atoms with Crippen LogP contribution in [0.3, 0.4) is 0 Å². The zero-order chi connectivity index (χ0) is 12.2. The summed E-state index contributed by atoms with van der Waals surface area (Å²) in [5.41, 5.74) is 1.38. The molecule has 0 aliphatic rings. The van der Waals surface area contributed by atoms with E-state index in [1.165, 1.54) is 0 Å². The Labute approximate surface area is 108 Å². The highest BCUT2D eigenvalue weighted by Gasteiger charge is 2.14. The Balaban J connectivity index is 2.53. The van der Waals surface area contributed by atoms with Crippen LogP contribution < -0.4 is 5.32 Å². The van der Waals surface area contributed by atoms with Gasteiger partial charge in [-0.3, -0.25) is 0 Å². The number of nitrogens with one attached hydrogen (secondary N) is 1. The molecule has 0 saturated carbocycles. The first-order chi connectivity index (χ1) is 7.46. The highest BCUT2D eigenvalue weighted by atomic mass is 35.5. The Bertz CT molecular complexity index is 348. The van der Waals surface area contributed by atoms with Crippen LogP contribution in [-0.2, 0) is 6.54 Å². The predicted octanol–water partition coefficient (Wildman–Crippen LogP) is 4.52. The summed E-state index contributed by atoms with van der Waals surface area (Å²) in [6.07, 6.45) is 1.16. The predicted molar refractivity (Wildman–Crippen MR) is 72.2 cm³/mol. The van der Waals surface area contributed by atoms with E-state index in [4.69, 9.17) is 23.2 Å². The van der Waals surface area contributed by atoms with Crippen molar-refractivity contribution in [3.8, 4) is 0 Å². The topological polar surface area (TPSA) is 12.0 Å². The third kappa shape index (κ3) is 3.97. The van der Waals surface area contributed by atoms with Gasteiger partial charge < -0.3 is 5.32 Å². The molecule has 0 aliphatic carbocycles. The normalized spacial score (nSPS) is 11.8. The molecule has 0 aliphatic heterocycles. The minimum absolute atomic E-state index is 0.324. The van der Waals surface area contributed by atoms with Crippen molar-refractivity contribution in [2.24, 2.45) is 5.41 Å².